The van der Waals surface area contributed by atoms with E-state index in [9.17, 15) is 0 Å². The van der Waals surface area contributed by atoms with Gasteiger partial charge in [0.15, 0.2) is 17.2 Å². The van der Waals surface area contributed by atoms with Gasteiger partial charge in [-0.05, 0) is 0 Å². The summed E-state index contributed by atoms with van der Waals surface area (Å²) in [5.41, 5.74) is -0.482. The molecule has 0 aromatic rings. The molecule has 0 saturated heterocycles. The lowest BCUT2D eigenvalue weighted by Gasteiger charge is -2.11. The third kappa shape index (κ3) is 0.847. The van der Waals surface area contributed by atoms with Gasteiger partial charge in [-0.3, -0.25) is 5.41 Å². The van der Waals surface area contributed by atoms with Crippen molar-refractivity contribution in [2.24, 2.45) is 4.99 Å². The first-order valence-electron chi connectivity index (χ1n) is 2.60. The molecule has 0 radical (unpaired) electrons. The summed E-state index contributed by atoms with van der Waals surface area (Å²) in [6, 6.07) is 1.77. The van der Waals surface area contributed by atoms with Gasteiger partial charge >= 0.3 is 0 Å². The Labute approximate surface area is 63.2 Å². The van der Waals surface area contributed by atoms with Crippen LogP contribution in [-0.4, -0.2) is 29.1 Å². The van der Waals surface area contributed by atoms with Gasteiger partial charge < -0.3 is 4.90 Å². The summed E-state index contributed by atoms with van der Waals surface area (Å²) in [6.07, 6.45) is 0. The summed E-state index contributed by atoms with van der Waals surface area (Å²) in [4.78, 5) is 5.11. The Kier molecular flexibility index (Phi) is 1.60. The molecule has 1 N–H and O–H groups in total. The molecule has 0 bridgehead atoms. The number of amidine groups is 1. The molecule has 0 fully saturated rings. The first-order chi connectivity index (χ1) is 4.66. The molecule has 0 aromatic carbocycles. The summed E-state index contributed by atoms with van der Waals surface area (Å²) in [5, 5.41) is 15.6. The fourth-order valence-electron chi connectivity index (χ4n) is 0.610. The molecule has 0 spiro atoms. The summed E-state index contributed by atoms with van der Waals surface area (Å²) >= 11 is 5.58. The summed E-state index contributed by atoms with van der Waals surface area (Å²) in [5.74, 6) is 0.0856. The second-order valence-corrected chi connectivity index (χ2v) is 2.25. The molecule has 0 aliphatic carbocycles. The van der Waals surface area contributed by atoms with Crippen molar-refractivity contribution in [3.05, 3.63) is 0 Å². The van der Waals surface area contributed by atoms with E-state index in [1.54, 1.807) is 13.1 Å². The maximum absolute atomic E-state index is 8.37. The first kappa shape index (κ1) is 7.03. The van der Waals surface area contributed by atoms with Crippen LogP contribution >= 0.6 is 11.6 Å². The fourth-order valence-corrected chi connectivity index (χ4v) is 0.805. The molecule has 1 heterocycles. The van der Waals surface area contributed by atoms with Gasteiger partial charge in [0.25, 0.3) is 0 Å². The van der Waals surface area contributed by atoms with Crippen LogP contribution in [0.1, 0.15) is 0 Å². The molecule has 5 heteroatoms. The minimum atomic E-state index is -0.581. The molecule has 0 saturated carbocycles. The second kappa shape index (κ2) is 2.27. The van der Waals surface area contributed by atoms with Crippen LogP contribution in [0.4, 0.5) is 0 Å². The monoisotopic (exact) mass is 156 g/mol. The van der Waals surface area contributed by atoms with Crippen LogP contribution in [0.15, 0.2) is 4.99 Å². The molecule has 0 aromatic heterocycles. The van der Waals surface area contributed by atoms with Gasteiger partial charge in [-0.25, -0.2) is 4.99 Å². The summed E-state index contributed by atoms with van der Waals surface area (Å²) in [6.45, 7) is 0. The van der Waals surface area contributed by atoms with E-state index >= 15 is 0 Å². The minimum absolute atomic E-state index is 0.0856. The molecule has 0 amide bonds. The van der Waals surface area contributed by atoms with E-state index in [-0.39, 0.29) is 11.5 Å². The van der Waals surface area contributed by atoms with Gasteiger partial charge in [0, 0.05) is 7.05 Å². The van der Waals surface area contributed by atoms with E-state index in [0.717, 1.165) is 0 Å². The molecular weight excluding hydrogens is 152 g/mol. The number of hydrogen-bond acceptors (Lipinski definition) is 3. The molecule has 1 unspecified atom stereocenters. The Morgan fingerprint density at radius 3 is 2.70 bits per heavy atom. The van der Waals surface area contributed by atoms with Crippen molar-refractivity contribution in [3.63, 3.8) is 0 Å². The highest BCUT2D eigenvalue weighted by Gasteiger charge is 2.25. The van der Waals surface area contributed by atoms with E-state index in [1.807, 2.05) is 0 Å². The molecule has 10 heavy (non-hydrogen) atoms. The summed E-state index contributed by atoms with van der Waals surface area (Å²) in [7, 11) is 1.62. The number of halogens is 1. The Morgan fingerprint density at radius 2 is 2.50 bits per heavy atom. The van der Waals surface area contributed by atoms with Crippen molar-refractivity contribution in [3.8, 4) is 6.07 Å². The molecule has 4 nitrogen and oxygen atoms in total. The van der Waals surface area contributed by atoms with Gasteiger partial charge in [-0.15, -0.1) is 0 Å². The van der Waals surface area contributed by atoms with Crippen LogP contribution in [-0.2, 0) is 0 Å². The van der Waals surface area contributed by atoms with Crippen molar-refractivity contribution in [2.45, 2.75) is 5.62 Å². The zero-order valence-corrected chi connectivity index (χ0v) is 6.05. The van der Waals surface area contributed by atoms with Crippen molar-refractivity contribution in [1.82, 2.24) is 4.90 Å². The van der Waals surface area contributed by atoms with Crippen LogP contribution in [0, 0.1) is 16.7 Å². The van der Waals surface area contributed by atoms with E-state index in [2.05, 4.69) is 4.99 Å². The smallest absolute Gasteiger partial charge is 0.200 e. The van der Waals surface area contributed by atoms with Crippen LogP contribution in [0.5, 0.6) is 0 Å². The minimum Gasteiger partial charge on any atom is -0.323 e. The highest BCUT2D eigenvalue weighted by Crippen LogP contribution is 2.12. The average molecular weight is 157 g/mol. The Bertz CT molecular complexity index is 239. The molecular formula is C5H5ClN4. The molecule has 1 atom stereocenters. The predicted octanol–water partition coefficient (Wildman–Crippen LogP) is 0.396. The Hall–Kier alpha value is -1.08. The van der Waals surface area contributed by atoms with E-state index in [4.69, 9.17) is 22.3 Å². The Balaban J connectivity index is 2.91. The van der Waals surface area contributed by atoms with Gasteiger partial charge in [-0.1, -0.05) is 11.6 Å². The van der Waals surface area contributed by atoms with E-state index in [0.29, 0.717) is 0 Å². The molecule has 1 aliphatic rings. The third-order valence-electron chi connectivity index (χ3n) is 1.24. The van der Waals surface area contributed by atoms with Gasteiger partial charge in [0.1, 0.15) is 6.07 Å². The maximum atomic E-state index is 8.37. The van der Waals surface area contributed by atoms with Gasteiger partial charge in [0.05, 0.1) is 0 Å². The molecule has 1 aliphatic heterocycles. The third-order valence-corrected chi connectivity index (χ3v) is 1.63. The lowest BCUT2D eigenvalue weighted by Crippen LogP contribution is -2.28. The van der Waals surface area contributed by atoms with Gasteiger partial charge in [0.2, 0.25) is 0 Å². The highest BCUT2D eigenvalue weighted by atomic mass is 35.5. The number of rotatable bonds is 0. The highest BCUT2D eigenvalue weighted by molar-refractivity contribution is 6.49. The number of aliphatic imine (C=N–C) groups is 1. The summed E-state index contributed by atoms with van der Waals surface area (Å²) < 4.78 is 0. The quantitative estimate of drug-likeness (QED) is 0.408. The van der Waals surface area contributed by atoms with Crippen LogP contribution in [0.3, 0.4) is 0 Å². The largest absolute Gasteiger partial charge is 0.323 e. The normalized spacial score (nSPS) is 24.5. The van der Waals surface area contributed by atoms with Crippen LogP contribution in [0.2, 0.25) is 0 Å². The first-order valence-corrected chi connectivity index (χ1v) is 3.04. The van der Waals surface area contributed by atoms with Crippen molar-refractivity contribution in [1.29, 1.82) is 10.7 Å². The molecule has 52 valence electrons. The fraction of sp³-hybridized carbons (Fsp3) is 0.400. The second-order valence-electron chi connectivity index (χ2n) is 1.86. The van der Waals surface area contributed by atoms with Crippen LogP contribution < -0.4 is 0 Å². The average Bonchev–Trinajstić information content (AvgIpc) is 2.17. The molecule has 1 rings (SSSR count). The van der Waals surface area contributed by atoms with Crippen molar-refractivity contribution < 1.29 is 0 Å². The standard InChI is InChI=1S/C5H5ClN4/c1-10-4(8)3(2-7)9-5(10)6/h5,8H,1H3. The van der Waals surface area contributed by atoms with E-state index in [1.165, 1.54) is 4.90 Å². The number of nitrogens with one attached hydrogen (secondary N) is 1. The zero-order valence-electron chi connectivity index (χ0n) is 5.30. The van der Waals surface area contributed by atoms with E-state index < -0.39 is 5.62 Å². The SMILES string of the molecule is CN1C(=N)C(C#N)=NC1Cl. The lowest BCUT2D eigenvalue weighted by molar-refractivity contribution is 0.499. The van der Waals surface area contributed by atoms with Crippen LogP contribution in [0.25, 0.3) is 0 Å². The number of alkyl halides is 1. The number of nitrogens with zero attached hydrogens (tertiary/aromatic N) is 3. The van der Waals surface area contributed by atoms with Crippen molar-refractivity contribution in [2.75, 3.05) is 7.05 Å². The maximum Gasteiger partial charge on any atom is 0.200 e. The van der Waals surface area contributed by atoms with Crippen molar-refractivity contribution >= 4 is 23.1 Å². The lowest BCUT2D eigenvalue weighted by atomic mass is 10.4. The predicted molar refractivity (Wildman–Crippen MR) is 38.2 cm³/mol. The topological polar surface area (TPSA) is 63.2 Å². The number of nitriles is 1. The Morgan fingerprint density at radius 1 is 1.90 bits per heavy atom. The number of hydrogen-bond donors (Lipinski definition) is 1. The van der Waals surface area contributed by atoms with Gasteiger partial charge in [-0.2, -0.15) is 5.26 Å². The zero-order chi connectivity index (χ0) is 7.72.